The topological polar surface area (TPSA) is 56.7 Å². The molecule has 0 aromatic carbocycles. The molecule has 0 aliphatic carbocycles. The van der Waals surface area contributed by atoms with E-state index >= 15 is 0 Å². The van der Waals surface area contributed by atoms with Gasteiger partial charge in [-0.1, -0.05) is 0 Å². The van der Waals surface area contributed by atoms with E-state index in [4.69, 9.17) is 5.73 Å². The van der Waals surface area contributed by atoms with Crippen LogP contribution in [0.25, 0.3) is 5.69 Å². The molecular weight excluding hydrogens is 244 g/mol. The van der Waals surface area contributed by atoms with E-state index in [0.29, 0.717) is 5.82 Å². The van der Waals surface area contributed by atoms with Crippen molar-refractivity contribution in [3.8, 4) is 5.69 Å². The van der Waals surface area contributed by atoms with Gasteiger partial charge in [0.15, 0.2) is 0 Å². The number of nitrogen functional groups attached to an aromatic ring is 1. The largest absolute Gasteiger partial charge is 0.383 e. The molecule has 0 aliphatic heterocycles. The van der Waals surface area contributed by atoms with Crippen LogP contribution in [-0.2, 0) is 0 Å². The molecule has 0 radical (unpaired) electrons. The Morgan fingerprint density at radius 1 is 1.36 bits per heavy atom. The van der Waals surface area contributed by atoms with Crippen molar-refractivity contribution in [1.82, 2.24) is 14.5 Å². The molecule has 14 heavy (non-hydrogen) atoms. The molecule has 0 unspecified atom stereocenters. The van der Waals surface area contributed by atoms with E-state index in [-0.39, 0.29) is 0 Å². The summed E-state index contributed by atoms with van der Waals surface area (Å²) in [5.41, 5.74) is 6.64. The molecule has 2 heterocycles. The first-order valence-corrected chi connectivity index (χ1v) is 4.90. The minimum absolute atomic E-state index is 0.482. The number of anilines is 1. The average molecular weight is 253 g/mol. The lowest BCUT2D eigenvalue weighted by Gasteiger charge is -2.08. The zero-order valence-electron chi connectivity index (χ0n) is 7.61. The van der Waals surface area contributed by atoms with E-state index in [1.807, 2.05) is 23.8 Å². The van der Waals surface area contributed by atoms with Crippen LogP contribution in [0.1, 0.15) is 5.82 Å². The van der Waals surface area contributed by atoms with Crippen molar-refractivity contribution in [2.75, 3.05) is 5.73 Å². The molecular formula is C9H9BrN4. The fraction of sp³-hybridized carbons (Fsp3) is 0.111. The highest BCUT2D eigenvalue weighted by Crippen LogP contribution is 2.25. The quantitative estimate of drug-likeness (QED) is 0.844. The van der Waals surface area contributed by atoms with Crippen LogP contribution in [0.4, 0.5) is 5.82 Å². The van der Waals surface area contributed by atoms with Crippen LogP contribution >= 0.6 is 15.9 Å². The highest BCUT2D eigenvalue weighted by Gasteiger charge is 2.07. The summed E-state index contributed by atoms with van der Waals surface area (Å²) in [4.78, 5) is 8.12. The number of halogens is 1. The summed E-state index contributed by atoms with van der Waals surface area (Å²) < 4.78 is 2.74. The Kier molecular flexibility index (Phi) is 2.25. The predicted molar refractivity (Wildman–Crippen MR) is 58.2 cm³/mol. The summed E-state index contributed by atoms with van der Waals surface area (Å²) in [5, 5.41) is 0. The van der Waals surface area contributed by atoms with Crippen molar-refractivity contribution in [3.05, 3.63) is 35.0 Å². The van der Waals surface area contributed by atoms with Crippen molar-refractivity contribution >= 4 is 21.7 Å². The number of hydrogen-bond donors (Lipinski definition) is 1. The van der Waals surface area contributed by atoms with Crippen LogP contribution in [-0.4, -0.2) is 14.5 Å². The second-order valence-electron chi connectivity index (χ2n) is 2.87. The number of aromatic nitrogens is 3. The van der Waals surface area contributed by atoms with Crippen molar-refractivity contribution < 1.29 is 0 Å². The number of nitrogens with two attached hydrogens (primary N) is 1. The molecule has 0 spiro atoms. The lowest BCUT2D eigenvalue weighted by molar-refractivity contribution is 0.965. The Morgan fingerprint density at radius 2 is 2.14 bits per heavy atom. The maximum Gasteiger partial charge on any atom is 0.139 e. The summed E-state index contributed by atoms with van der Waals surface area (Å²) in [6, 6.07) is 1.88. The molecule has 2 N–H and O–H groups in total. The SMILES string of the molecule is Cc1nccn1-c1ccnc(N)c1Br. The Morgan fingerprint density at radius 3 is 2.79 bits per heavy atom. The highest BCUT2D eigenvalue weighted by atomic mass is 79.9. The summed E-state index contributed by atoms with van der Waals surface area (Å²) in [5.74, 6) is 1.40. The lowest BCUT2D eigenvalue weighted by atomic mass is 10.4. The Labute approximate surface area is 89.9 Å². The first-order valence-electron chi connectivity index (χ1n) is 4.10. The molecule has 2 aromatic heterocycles. The summed E-state index contributed by atoms with van der Waals surface area (Å²) >= 11 is 3.40. The third kappa shape index (κ3) is 1.39. The zero-order chi connectivity index (χ0) is 10.1. The summed E-state index contributed by atoms with van der Waals surface area (Å²) in [7, 11) is 0. The van der Waals surface area contributed by atoms with Crippen LogP contribution in [0, 0.1) is 6.92 Å². The number of aryl methyl sites for hydroxylation is 1. The van der Waals surface area contributed by atoms with E-state index in [2.05, 4.69) is 25.9 Å². The maximum absolute atomic E-state index is 5.69. The van der Waals surface area contributed by atoms with Gasteiger partial charge >= 0.3 is 0 Å². The minimum atomic E-state index is 0.482. The predicted octanol–water partition coefficient (Wildman–Crippen LogP) is 1.92. The summed E-state index contributed by atoms with van der Waals surface area (Å²) in [6.07, 6.45) is 5.31. The average Bonchev–Trinajstić information content (AvgIpc) is 2.57. The van der Waals surface area contributed by atoms with E-state index in [1.165, 1.54) is 0 Å². The van der Waals surface area contributed by atoms with Gasteiger partial charge in [0, 0.05) is 18.6 Å². The highest BCUT2D eigenvalue weighted by molar-refractivity contribution is 9.10. The van der Waals surface area contributed by atoms with Gasteiger partial charge < -0.3 is 10.3 Å². The van der Waals surface area contributed by atoms with Gasteiger partial charge in [0.1, 0.15) is 11.6 Å². The molecule has 0 bridgehead atoms. The first kappa shape index (κ1) is 9.21. The second-order valence-corrected chi connectivity index (χ2v) is 3.67. The number of rotatable bonds is 1. The van der Waals surface area contributed by atoms with Gasteiger partial charge in [-0.3, -0.25) is 0 Å². The maximum atomic E-state index is 5.69. The van der Waals surface area contributed by atoms with Crippen molar-refractivity contribution in [3.63, 3.8) is 0 Å². The first-order chi connectivity index (χ1) is 6.70. The molecule has 0 fully saturated rings. The van der Waals surface area contributed by atoms with Gasteiger partial charge in [-0.05, 0) is 28.9 Å². The van der Waals surface area contributed by atoms with Crippen molar-refractivity contribution in [2.45, 2.75) is 6.92 Å². The number of hydrogen-bond acceptors (Lipinski definition) is 3. The van der Waals surface area contributed by atoms with Gasteiger partial charge in [0.2, 0.25) is 0 Å². The third-order valence-electron chi connectivity index (χ3n) is 1.98. The van der Waals surface area contributed by atoms with Crippen LogP contribution in [0.2, 0.25) is 0 Å². The van der Waals surface area contributed by atoms with E-state index < -0.39 is 0 Å². The van der Waals surface area contributed by atoms with Crippen LogP contribution in [0.3, 0.4) is 0 Å². The normalized spacial score (nSPS) is 10.4. The fourth-order valence-corrected chi connectivity index (χ4v) is 1.69. The smallest absolute Gasteiger partial charge is 0.139 e. The zero-order valence-corrected chi connectivity index (χ0v) is 9.19. The van der Waals surface area contributed by atoms with E-state index in [0.717, 1.165) is 16.0 Å². The number of pyridine rings is 1. The van der Waals surface area contributed by atoms with Gasteiger partial charge in [0.25, 0.3) is 0 Å². The minimum Gasteiger partial charge on any atom is -0.383 e. The standard InChI is InChI=1S/C9H9BrN4/c1-6-12-4-5-14(6)7-2-3-13-9(11)8(7)10/h2-5H,1H3,(H2,11,13). The fourth-order valence-electron chi connectivity index (χ4n) is 1.27. The number of imidazole rings is 1. The van der Waals surface area contributed by atoms with Gasteiger partial charge in [-0.15, -0.1) is 0 Å². The Bertz CT molecular complexity index is 464. The van der Waals surface area contributed by atoms with Crippen LogP contribution < -0.4 is 5.73 Å². The number of nitrogens with zero attached hydrogens (tertiary/aromatic N) is 3. The summed E-state index contributed by atoms with van der Waals surface area (Å²) in [6.45, 7) is 1.93. The van der Waals surface area contributed by atoms with Gasteiger partial charge in [-0.25, -0.2) is 9.97 Å². The second kappa shape index (κ2) is 3.42. The molecule has 0 saturated heterocycles. The van der Waals surface area contributed by atoms with Crippen molar-refractivity contribution in [1.29, 1.82) is 0 Å². The molecule has 0 amide bonds. The molecule has 0 atom stereocenters. The molecule has 0 saturated carbocycles. The monoisotopic (exact) mass is 252 g/mol. The molecule has 4 nitrogen and oxygen atoms in total. The molecule has 2 rings (SSSR count). The van der Waals surface area contributed by atoms with Gasteiger partial charge in [-0.2, -0.15) is 0 Å². The van der Waals surface area contributed by atoms with E-state index in [9.17, 15) is 0 Å². The lowest BCUT2D eigenvalue weighted by Crippen LogP contribution is -2.00. The Hall–Kier alpha value is -1.36. The Balaban J connectivity index is 2.63. The molecule has 0 aliphatic rings. The van der Waals surface area contributed by atoms with Crippen molar-refractivity contribution in [2.24, 2.45) is 0 Å². The van der Waals surface area contributed by atoms with Gasteiger partial charge in [0.05, 0.1) is 10.2 Å². The molecule has 5 heteroatoms. The van der Waals surface area contributed by atoms with E-state index in [1.54, 1.807) is 12.4 Å². The molecule has 2 aromatic rings. The van der Waals surface area contributed by atoms with Crippen LogP contribution in [0.5, 0.6) is 0 Å². The van der Waals surface area contributed by atoms with Crippen LogP contribution in [0.15, 0.2) is 29.1 Å². The third-order valence-corrected chi connectivity index (χ3v) is 2.79. The molecule has 72 valence electrons.